The molecule has 6 aromatic rings. The van der Waals surface area contributed by atoms with Gasteiger partial charge in [-0.3, -0.25) is 14.4 Å². The highest BCUT2D eigenvalue weighted by molar-refractivity contribution is 9.11. The van der Waals surface area contributed by atoms with Gasteiger partial charge in [-0.15, -0.1) is 0 Å². The highest BCUT2D eigenvalue weighted by Crippen LogP contribution is 2.11. The summed E-state index contributed by atoms with van der Waals surface area (Å²) in [4.78, 5) is 44.9. The molecule has 218 valence electrons. The van der Waals surface area contributed by atoms with Crippen molar-refractivity contribution in [3.05, 3.63) is 159 Å². The second-order valence-corrected chi connectivity index (χ2v) is 11.1. The fraction of sp³-hybridized carbons (Fsp3) is 0. The molecule has 12 nitrogen and oxygen atoms in total. The highest BCUT2D eigenvalue weighted by Gasteiger charge is 2.00. The van der Waals surface area contributed by atoms with Crippen molar-refractivity contribution in [2.45, 2.75) is 0 Å². The first-order valence-corrected chi connectivity index (χ1v) is 15.0. The van der Waals surface area contributed by atoms with Crippen molar-refractivity contribution in [3.63, 3.8) is 0 Å². The third kappa shape index (κ3) is 12.0. The zero-order valence-corrected chi connectivity index (χ0v) is 28.1. The van der Waals surface area contributed by atoms with Gasteiger partial charge in [0.2, 0.25) is 0 Å². The van der Waals surface area contributed by atoms with Crippen molar-refractivity contribution in [3.8, 4) is 11.5 Å². The van der Waals surface area contributed by atoms with Gasteiger partial charge in [-0.05, 0) is 118 Å². The van der Waals surface area contributed by atoms with Gasteiger partial charge >= 0.3 is 0 Å². The fourth-order valence-corrected chi connectivity index (χ4v) is 3.68. The first-order chi connectivity index (χ1) is 20.7. The Balaban J connectivity index is 0.000000164. The van der Waals surface area contributed by atoms with Crippen LogP contribution in [0.15, 0.2) is 143 Å². The minimum absolute atomic E-state index is 0.164. The van der Waals surface area contributed by atoms with Gasteiger partial charge in [0.25, 0.3) is 16.7 Å². The molecule has 0 bridgehead atoms. The minimum atomic E-state index is -0.192. The molecule has 1 N–H and O–H groups in total. The zero-order chi connectivity index (χ0) is 31.0. The molecular formula is C27H19Br4N9O3. The van der Waals surface area contributed by atoms with Crippen molar-refractivity contribution in [2.75, 3.05) is 0 Å². The van der Waals surface area contributed by atoms with Crippen LogP contribution in [0.1, 0.15) is 0 Å². The smallest absolute Gasteiger partial charge is 0.268 e. The number of halogens is 4. The lowest BCUT2D eigenvalue weighted by Gasteiger charge is -2.01. The summed E-state index contributed by atoms with van der Waals surface area (Å²) in [6.07, 6.45) is 9.56. The van der Waals surface area contributed by atoms with Crippen LogP contribution in [0.5, 0.6) is 0 Å². The summed E-state index contributed by atoms with van der Waals surface area (Å²) in [5.74, 6) is 0.513. The Morgan fingerprint density at radius 3 is 1.53 bits per heavy atom. The van der Waals surface area contributed by atoms with Crippen LogP contribution in [0, 0.1) is 0 Å². The lowest BCUT2D eigenvalue weighted by atomic mass is 10.4. The van der Waals surface area contributed by atoms with Gasteiger partial charge < -0.3 is 0 Å². The molecule has 0 spiro atoms. The van der Waals surface area contributed by atoms with Gasteiger partial charge in [0.15, 0.2) is 5.82 Å². The normalized spacial score (nSPS) is 9.67. The SMILES string of the molecule is Brc1ccc(Br)nc1.O=c1cccn[nH]1.O=c1cccnn1-c1ccc(Br)cn1.O=c1cccnn1-c1ccc(Br)nc1. The third-order valence-electron chi connectivity index (χ3n) is 4.59. The summed E-state index contributed by atoms with van der Waals surface area (Å²) in [5, 5.41) is 13.5. The van der Waals surface area contributed by atoms with E-state index in [9.17, 15) is 14.4 Å². The first-order valence-electron chi connectivity index (χ1n) is 11.8. The standard InChI is InChI=1S/2C9H6BrN3O.C5H3Br2N.C4H4N2O/c10-8-4-3-7(6-11-8)13-9(14)2-1-5-12-13;10-7-3-4-8(11-6-7)13-9(14)2-1-5-12-13;6-4-1-2-5(7)8-3-4;7-4-2-1-3-5-6-4/h2*1-6H;1-3H;1-3H,(H,6,7). The van der Waals surface area contributed by atoms with Crippen molar-refractivity contribution in [1.29, 1.82) is 0 Å². The van der Waals surface area contributed by atoms with E-state index in [4.69, 9.17) is 0 Å². The van der Waals surface area contributed by atoms with Crippen LogP contribution in [0.3, 0.4) is 0 Å². The van der Waals surface area contributed by atoms with E-state index in [0.717, 1.165) is 18.2 Å². The van der Waals surface area contributed by atoms with Gasteiger partial charge in [-0.1, -0.05) is 0 Å². The Labute approximate surface area is 277 Å². The summed E-state index contributed by atoms with van der Waals surface area (Å²) < 4.78 is 5.99. The number of nitrogens with one attached hydrogen (secondary N) is 1. The molecule has 0 fully saturated rings. The number of rotatable bonds is 2. The van der Waals surface area contributed by atoms with E-state index in [2.05, 4.69) is 99.1 Å². The topological polar surface area (TPSA) is 154 Å². The second-order valence-electron chi connectivity index (χ2n) is 7.63. The van der Waals surface area contributed by atoms with E-state index < -0.39 is 0 Å². The van der Waals surface area contributed by atoms with Gasteiger partial charge in [-0.25, -0.2) is 20.1 Å². The minimum Gasteiger partial charge on any atom is -0.268 e. The van der Waals surface area contributed by atoms with E-state index in [-0.39, 0.29) is 16.7 Å². The Bertz CT molecular complexity index is 1750. The molecule has 0 aromatic carbocycles. The van der Waals surface area contributed by atoms with E-state index in [0.29, 0.717) is 11.5 Å². The number of H-pyrrole nitrogens is 1. The molecule has 0 aliphatic carbocycles. The third-order valence-corrected chi connectivity index (χ3v) is 6.47. The molecule has 0 amide bonds. The Morgan fingerprint density at radius 2 is 1.12 bits per heavy atom. The molecule has 0 atom stereocenters. The summed E-state index contributed by atoms with van der Waals surface area (Å²) in [5.41, 5.74) is 0.125. The molecule has 0 saturated carbocycles. The molecule has 0 aliphatic rings. The Kier molecular flexibility index (Phi) is 13.9. The van der Waals surface area contributed by atoms with Crippen molar-refractivity contribution in [2.24, 2.45) is 0 Å². The molecule has 16 heteroatoms. The monoisotopic (exact) mass is 833 g/mol. The van der Waals surface area contributed by atoms with Crippen LogP contribution in [-0.2, 0) is 0 Å². The van der Waals surface area contributed by atoms with Crippen LogP contribution >= 0.6 is 63.7 Å². The van der Waals surface area contributed by atoms with Crippen LogP contribution in [-0.4, -0.2) is 44.7 Å². The quantitative estimate of drug-likeness (QED) is 0.233. The molecule has 43 heavy (non-hydrogen) atoms. The van der Waals surface area contributed by atoms with Crippen molar-refractivity contribution in [1.82, 2.24) is 44.7 Å². The number of hydrogen-bond donors (Lipinski definition) is 1. The first kappa shape index (κ1) is 33.5. The van der Waals surface area contributed by atoms with Gasteiger partial charge in [0.1, 0.15) is 9.21 Å². The maximum Gasteiger partial charge on any atom is 0.272 e. The maximum absolute atomic E-state index is 11.4. The summed E-state index contributed by atoms with van der Waals surface area (Å²) in [6.45, 7) is 0. The largest absolute Gasteiger partial charge is 0.272 e. The zero-order valence-electron chi connectivity index (χ0n) is 21.7. The lowest BCUT2D eigenvalue weighted by molar-refractivity contribution is 0.781. The van der Waals surface area contributed by atoms with Crippen LogP contribution in [0.4, 0.5) is 0 Å². The van der Waals surface area contributed by atoms with Crippen molar-refractivity contribution < 1.29 is 0 Å². The van der Waals surface area contributed by atoms with E-state index >= 15 is 0 Å². The van der Waals surface area contributed by atoms with Crippen LogP contribution < -0.4 is 16.7 Å². The number of hydrogen-bond acceptors (Lipinski definition) is 9. The number of pyridine rings is 3. The number of aromatic amines is 1. The van der Waals surface area contributed by atoms with Gasteiger partial charge in [0, 0.05) is 58.1 Å². The lowest BCUT2D eigenvalue weighted by Crippen LogP contribution is -2.19. The van der Waals surface area contributed by atoms with E-state index in [1.807, 2.05) is 18.2 Å². The maximum atomic E-state index is 11.4. The summed E-state index contributed by atoms with van der Waals surface area (Å²) >= 11 is 13.0. The molecule has 6 rings (SSSR count). The van der Waals surface area contributed by atoms with E-state index in [1.165, 1.54) is 33.8 Å². The Hall–Kier alpha value is -3.99. The number of nitrogens with zero attached hydrogens (tertiary/aromatic N) is 8. The Morgan fingerprint density at radius 1 is 0.558 bits per heavy atom. The number of aromatic nitrogens is 9. The summed E-state index contributed by atoms with van der Waals surface area (Å²) in [7, 11) is 0. The summed E-state index contributed by atoms with van der Waals surface area (Å²) in [6, 6.07) is 19.9. The average molecular weight is 837 g/mol. The average Bonchev–Trinajstić information content (AvgIpc) is 3.02. The van der Waals surface area contributed by atoms with E-state index in [1.54, 1.807) is 67.4 Å². The molecule has 6 heterocycles. The predicted octanol–water partition coefficient (Wildman–Crippen LogP) is 5.16. The van der Waals surface area contributed by atoms with Crippen LogP contribution in [0.25, 0.3) is 11.5 Å². The second kappa shape index (κ2) is 17.8. The molecular weight excluding hydrogens is 818 g/mol. The van der Waals surface area contributed by atoms with Gasteiger partial charge in [-0.2, -0.15) is 24.7 Å². The molecule has 6 aromatic heterocycles. The molecule has 0 saturated heterocycles. The molecule has 0 unspecified atom stereocenters. The van der Waals surface area contributed by atoms with Crippen LogP contribution in [0.2, 0.25) is 0 Å². The molecule has 0 aliphatic heterocycles. The molecule has 0 radical (unpaired) electrons. The highest BCUT2D eigenvalue weighted by atomic mass is 79.9. The van der Waals surface area contributed by atoms with Crippen molar-refractivity contribution >= 4 is 63.7 Å². The predicted molar refractivity (Wildman–Crippen MR) is 175 cm³/mol. The van der Waals surface area contributed by atoms with Gasteiger partial charge in [0.05, 0.1) is 11.9 Å². The fourth-order valence-electron chi connectivity index (χ4n) is 2.74.